The molecule has 0 atom stereocenters. The van der Waals surface area contributed by atoms with Gasteiger partial charge in [-0.2, -0.15) is 5.10 Å². The molecule has 0 saturated carbocycles. The Kier molecular flexibility index (Phi) is 7.21. The summed E-state index contributed by atoms with van der Waals surface area (Å²) in [7, 11) is 0. The van der Waals surface area contributed by atoms with Crippen molar-refractivity contribution in [3.8, 4) is 11.4 Å². The Morgan fingerprint density at radius 1 is 1.09 bits per heavy atom. The van der Waals surface area contributed by atoms with E-state index in [2.05, 4.69) is 51.0 Å². The van der Waals surface area contributed by atoms with Crippen molar-refractivity contribution in [2.24, 2.45) is 5.16 Å². The second kappa shape index (κ2) is 9.90. The molecule has 33 heavy (non-hydrogen) atoms. The van der Waals surface area contributed by atoms with E-state index >= 15 is 0 Å². The van der Waals surface area contributed by atoms with Crippen LogP contribution < -0.4 is 4.74 Å². The van der Waals surface area contributed by atoms with E-state index in [1.807, 2.05) is 42.8 Å². The van der Waals surface area contributed by atoms with Crippen LogP contribution in [0.5, 0.6) is 5.75 Å². The topological polar surface area (TPSA) is 85.9 Å². The van der Waals surface area contributed by atoms with Crippen molar-refractivity contribution >= 4 is 11.7 Å². The zero-order valence-corrected chi connectivity index (χ0v) is 20.0. The summed E-state index contributed by atoms with van der Waals surface area (Å²) < 4.78 is 7.19. The summed E-state index contributed by atoms with van der Waals surface area (Å²) in [5, 5.41) is 17.9. The van der Waals surface area contributed by atoms with Gasteiger partial charge in [0.2, 0.25) is 0 Å². The zero-order valence-electron chi connectivity index (χ0n) is 20.0. The standard InChI is InChI=1S/C26H31N3O4/c1-17-7-10-21(11-8-17)29-22(14-24(27-29)26(4,5)6)15-33-28-19(3)20-9-12-23(18(2)13-20)32-16-25(30)31/h7-14H,15-16H2,1-6H3,(H,30,31)/b28-19-. The highest BCUT2D eigenvalue weighted by molar-refractivity contribution is 5.98. The monoisotopic (exact) mass is 449 g/mol. The third-order valence-electron chi connectivity index (χ3n) is 5.19. The van der Waals surface area contributed by atoms with E-state index < -0.39 is 5.97 Å². The molecule has 0 aliphatic heterocycles. The lowest BCUT2D eigenvalue weighted by atomic mass is 9.92. The van der Waals surface area contributed by atoms with Crippen LogP contribution in [0.25, 0.3) is 5.69 Å². The van der Waals surface area contributed by atoms with Crippen molar-refractivity contribution in [3.63, 3.8) is 0 Å². The van der Waals surface area contributed by atoms with Gasteiger partial charge in [0.05, 0.1) is 22.8 Å². The molecule has 0 saturated heterocycles. The number of carboxylic acids is 1. The summed E-state index contributed by atoms with van der Waals surface area (Å²) in [5.74, 6) is -0.476. The van der Waals surface area contributed by atoms with Crippen LogP contribution >= 0.6 is 0 Å². The first-order valence-electron chi connectivity index (χ1n) is 10.8. The molecule has 0 aliphatic rings. The second-order valence-electron chi connectivity index (χ2n) is 9.13. The van der Waals surface area contributed by atoms with E-state index in [0.29, 0.717) is 11.5 Å². The van der Waals surface area contributed by atoms with Gasteiger partial charge in [-0.1, -0.05) is 43.6 Å². The minimum atomic E-state index is -1.01. The maximum Gasteiger partial charge on any atom is 0.341 e. The first-order chi connectivity index (χ1) is 15.5. The quantitative estimate of drug-likeness (QED) is 0.378. The number of oxime groups is 1. The molecule has 0 bridgehead atoms. The lowest BCUT2D eigenvalue weighted by Gasteiger charge is -2.14. The SMILES string of the molecule is C/C(=N/OCc1cc(C(C)(C)C)nn1-c1ccc(C)cc1)c1ccc(OCC(=O)O)c(C)c1. The predicted octanol–water partition coefficient (Wildman–Crippen LogP) is 5.19. The van der Waals surface area contributed by atoms with Crippen LogP contribution in [0.15, 0.2) is 53.7 Å². The lowest BCUT2D eigenvalue weighted by molar-refractivity contribution is -0.139. The molecule has 3 aromatic rings. The number of hydrogen-bond acceptors (Lipinski definition) is 5. The molecule has 0 amide bonds. The third kappa shape index (κ3) is 6.22. The Bertz CT molecular complexity index is 1160. The molecular weight excluding hydrogens is 418 g/mol. The largest absolute Gasteiger partial charge is 0.482 e. The van der Waals surface area contributed by atoms with Crippen molar-refractivity contribution < 1.29 is 19.5 Å². The summed E-state index contributed by atoms with van der Waals surface area (Å²) in [5.41, 5.74) is 6.38. The number of aliphatic carboxylic acids is 1. The van der Waals surface area contributed by atoms with Gasteiger partial charge in [-0.15, -0.1) is 0 Å². The van der Waals surface area contributed by atoms with E-state index in [4.69, 9.17) is 19.8 Å². The molecule has 1 aromatic heterocycles. The van der Waals surface area contributed by atoms with Gasteiger partial charge in [0.25, 0.3) is 0 Å². The van der Waals surface area contributed by atoms with Gasteiger partial charge in [-0.25, -0.2) is 9.48 Å². The van der Waals surface area contributed by atoms with Crippen molar-refractivity contribution in [3.05, 3.63) is 76.6 Å². The van der Waals surface area contributed by atoms with Crippen LogP contribution in [0.3, 0.4) is 0 Å². The highest BCUT2D eigenvalue weighted by Gasteiger charge is 2.21. The minimum absolute atomic E-state index is 0.0914. The van der Waals surface area contributed by atoms with Crippen LogP contribution in [0.1, 0.15) is 55.8 Å². The number of aryl methyl sites for hydroxylation is 2. The number of nitrogens with zero attached hydrogens (tertiary/aromatic N) is 3. The van der Waals surface area contributed by atoms with E-state index in [1.165, 1.54) is 5.56 Å². The van der Waals surface area contributed by atoms with E-state index in [0.717, 1.165) is 28.2 Å². The predicted molar refractivity (Wildman–Crippen MR) is 128 cm³/mol. The van der Waals surface area contributed by atoms with Crippen LogP contribution in [0, 0.1) is 13.8 Å². The molecule has 0 unspecified atom stereocenters. The van der Waals surface area contributed by atoms with Gasteiger partial charge in [0.1, 0.15) is 5.75 Å². The smallest absolute Gasteiger partial charge is 0.341 e. The maximum atomic E-state index is 10.7. The number of ether oxygens (including phenoxy) is 1. The van der Waals surface area contributed by atoms with Crippen molar-refractivity contribution in [2.75, 3.05) is 6.61 Å². The van der Waals surface area contributed by atoms with E-state index in [-0.39, 0.29) is 18.6 Å². The molecular formula is C26H31N3O4. The number of hydrogen-bond donors (Lipinski definition) is 1. The summed E-state index contributed by atoms with van der Waals surface area (Å²) in [6.07, 6.45) is 0. The van der Waals surface area contributed by atoms with Gasteiger partial charge in [0.15, 0.2) is 13.2 Å². The summed E-state index contributed by atoms with van der Waals surface area (Å²) in [6, 6.07) is 15.7. The molecule has 1 N–H and O–H groups in total. The van der Waals surface area contributed by atoms with Crippen LogP contribution in [0.4, 0.5) is 0 Å². The number of carboxylic acid groups (broad SMARTS) is 1. The molecule has 7 nitrogen and oxygen atoms in total. The molecule has 0 aliphatic carbocycles. The molecule has 7 heteroatoms. The van der Waals surface area contributed by atoms with Crippen LogP contribution in [-0.4, -0.2) is 33.2 Å². The molecule has 1 heterocycles. The molecule has 174 valence electrons. The van der Waals surface area contributed by atoms with Crippen molar-refractivity contribution in [1.29, 1.82) is 0 Å². The first kappa shape index (κ1) is 24.0. The number of aromatic nitrogens is 2. The number of carbonyl (C=O) groups is 1. The first-order valence-corrected chi connectivity index (χ1v) is 10.8. The second-order valence-corrected chi connectivity index (χ2v) is 9.13. The lowest BCUT2D eigenvalue weighted by Crippen LogP contribution is -2.12. The van der Waals surface area contributed by atoms with E-state index in [9.17, 15) is 4.79 Å². The molecule has 0 fully saturated rings. The summed E-state index contributed by atoms with van der Waals surface area (Å²) in [4.78, 5) is 16.4. The highest BCUT2D eigenvalue weighted by Crippen LogP contribution is 2.25. The fourth-order valence-corrected chi connectivity index (χ4v) is 3.22. The minimum Gasteiger partial charge on any atom is -0.482 e. The number of rotatable bonds is 8. The summed E-state index contributed by atoms with van der Waals surface area (Å²) >= 11 is 0. The third-order valence-corrected chi connectivity index (χ3v) is 5.19. The van der Waals surface area contributed by atoms with Gasteiger partial charge < -0.3 is 14.7 Å². The normalized spacial score (nSPS) is 12.0. The average Bonchev–Trinajstić information content (AvgIpc) is 3.18. The fourth-order valence-electron chi connectivity index (χ4n) is 3.22. The fraction of sp³-hybridized carbons (Fsp3) is 0.346. The average molecular weight is 450 g/mol. The van der Waals surface area contributed by atoms with Gasteiger partial charge in [0, 0.05) is 5.41 Å². The van der Waals surface area contributed by atoms with Crippen LogP contribution in [0.2, 0.25) is 0 Å². The molecule has 0 radical (unpaired) electrons. The summed E-state index contributed by atoms with van der Waals surface area (Å²) in [6.45, 7) is 12.1. The Balaban J connectivity index is 1.77. The van der Waals surface area contributed by atoms with Gasteiger partial charge in [-0.3, -0.25) is 0 Å². The molecule has 3 rings (SSSR count). The van der Waals surface area contributed by atoms with Gasteiger partial charge in [-0.05, 0) is 68.3 Å². The Labute approximate surface area is 194 Å². The Morgan fingerprint density at radius 2 is 1.79 bits per heavy atom. The Hall–Kier alpha value is -3.61. The highest BCUT2D eigenvalue weighted by atomic mass is 16.6. The number of benzene rings is 2. The Morgan fingerprint density at radius 3 is 2.39 bits per heavy atom. The van der Waals surface area contributed by atoms with Crippen molar-refractivity contribution in [2.45, 2.75) is 53.6 Å². The molecule has 0 spiro atoms. The maximum absolute atomic E-state index is 10.7. The van der Waals surface area contributed by atoms with Gasteiger partial charge >= 0.3 is 5.97 Å². The zero-order chi connectivity index (χ0) is 24.2. The van der Waals surface area contributed by atoms with E-state index in [1.54, 1.807) is 6.07 Å². The van der Waals surface area contributed by atoms with Crippen molar-refractivity contribution in [1.82, 2.24) is 9.78 Å². The molecule has 2 aromatic carbocycles. The van der Waals surface area contributed by atoms with Crippen LogP contribution in [-0.2, 0) is 21.7 Å².